The lowest BCUT2D eigenvalue weighted by Gasteiger charge is -1.69. The first-order valence-corrected chi connectivity index (χ1v) is 2.52. The molecule has 14 heavy (non-hydrogen) atoms. The van der Waals surface area contributed by atoms with Crippen LogP contribution in [0, 0.1) is 23.7 Å². The van der Waals surface area contributed by atoms with Crippen molar-refractivity contribution in [2.24, 2.45) is 0 Å². The van der Waals surface area contributed by atoms with Gasteiger partial charge in [0.05, 0.1) is 0 Å². The molecule has 0 saturated heterocycles. The third-order valence-corrected chi connectivity index (χ3v) is 0.667. The van der Waals surface area contributed by atoms with Crippen LogP contribution in [0.15, 0.2) is 36.4 Å². The van der Waals surface area contributed by atoms with Crippen LogP contribution < -0.4 is 0 Å². The quantitative estimate of drug-likeness (QED) is 0.620. The van der Waals surface area contributed by atoms with Crippen LogP contribution in [0.3, 0.4) is 0 Å². The molecule has 0 heterocycles. The van der Waals surface area contributed by atoms with E-state index in [0.717, 1.165) is 0 Å². The largest absolute Gasteiger partial charge is 0.269 e. The zero-order valence-corrected chi connectivity index (χ0v) is 7.15. The van der Waals surface area contributed by atoms with Crippen LogP contribution >= 0.6 is 0 Å². The van der Waals surface area contributed by atoms with E-state index in [4.69, 9.17) is 10.5 Å². The molecule has 2 nitrogen and oxygen atoms in total. The van der Waals surface area contributed by atoms with Crippen molar-refractivity contribution in [3.63, 3.8) is 0 Å². The zero-order chi connectivity index (χ0) is 8.24. The molecule has 0 fully saturated rings. The van der Waals surface area contributed by atoms with E-state index in [2.05, 4.69) is 13.1 Å². The number of hydrogen-bond acceptors (Lipinski definition) is 2. The van der Waals surface area contributed by atoms with Gasteiger partial charge in [-0.15, -0.1) is 0 Å². The molecule has 82 valence electrons. The van der Waals surface area contributed by atoms with E-state index < -0.39 is 0 Å². The molecule has 0 aromatic heterocycles. The fourth-order valence-corrected chi connectivity index (χ4v) is 0.385. The second kappa shape index (κ2) is 69.9. The first-order valence-electron chi connectivity index (χ1n) is 2.52. The molecule has 1 aromatic rings. The van der Waals surface area contributed by atoms with Crippen molar-refractivity contribution in [3.8, 4) is 13.1 Å². The van der Waals surface area contributed by atoms with Crippen LogP contribution in [0.4, 0.5) is 18.8 Å². The predicted octanol–water partition coefficient (Wildman–Crippen LogP) is 2.58. The fraction of sp³-hybridized carbons (Fsp3) is 0. The van der Waals surface area contributed by atoms with Crippen molar-refractivity contribution in [3.05, 3.63) is 36.4 Å². The van der Waals surface area contributed by atoms with Crippen LogP contribution in [0.2, 0.25) is 0 Å². The van der Waals surface area contributed by atoms with E-state index >= 15 is 0 Å². The van der Waals surface area contributed by atoms with Crippen LogP contribution in [-0.2, 0) is 0 Å². The smallest absolute Gasteiger partial charge is 0.0462 e. The van der Waals surface area contributed by atoms with Gasteiger partial charge >= 0.3 is 0 Å². The van der Waals surface area contributed by atoms with Crippen LogP contribution in [0.5, 0.6) is 0 Å². The Bertz CT molecular complexity index is 144. The number of nitrogens with zero attached hydrogens (tertiary/aromatic N) is 2. The van der Waals surface area contributed by atoms with Crippen molar-refractivity contribution in [2.45, 2.75) is 0 Å². The summed E-state index contributed by atoms with van der Waals surface area (Å²) in [6.07, 6.45) is 0. The van der Waals surface area contributed by atoms with Gasteiger partial charge in [0.25, 0.3) is 0 Å². The highest BCUT2D eigenvalue weighted by molar-refractivity contribution is 4.99. The maximum Gasteiger partial charge on any atom is 0.0462 e. The molecule has 0 bridgehead atoms. The Kier molecular flexibility index (Phi) is 203. The Morgan fingerprint density at radius 1 is 0.429 bits per heavy atom. The molecule has 0 N–H and O–H groups in total. The molecule has 0 amide bonds. The number of rotatable bonds is 0. The Balaban J connectivity index is -0.0000000183. The van der Waals surface area contributed by atoms with Crippen LogP contribution in [-0.4, -0.2) is 0 Å². The Morgan fingerprint density at radius 2 is 0.500 bits per heavy atom. The molecule has 0 atom stereocenters. The minimum Gasteiger partial charge on any atom is -0.269 e. The first-order chi connectivity index (χ1) is 5.00. The maximum atomic E-state index is 6.50. The van der Waals surface area contributed by atoms with Crippen molar-refractivity contribution in [1.82, 2.24) is 0 Å². The summed E-state index contributed by atoms with van der Waals surface area (Å²) < 4.78 is 0. The fourth-order valence-electron chi connectivity index (χ4n) is 0.385. The van der Waals surface area contributed by atoms with Crippen LogP contribution in [0.25, 0.3) is 0 Å². The molecule has 0 unspecified atom stereocenters. The maximum absolute atomic E-state index is 6.50. The third kappa shape index (κ3) is 51.4. The normalized spacial score (nSPS) is 3.71. The number of benzene rings is 1. The average Bonchev–Trinajstić information content (AvgIpc) is 2.14. The minimum atomic E-state index is 0. The van der Waals surface area contributed by atoms with Gasteiger partial charge in [0.1, 0.15) is 0 Å². The number of nitriles is 2. The van der Waals surface area contributed by atoms with Gasteiger partial charge in [0.2, 0.25) is 0 Å². The number of halogens is 4. The summed E-state index contributed by atoms with van der Waals surface area (Å²) in [4.78, 5) is 0. The molecule has 6 heteroatoms. The molecule has 0 aliphatic carbocycles. The molecule has 0 aliphatic rings. The molecule has 1 rings (SSSR count). The third-order valence-electron chi connectivity index (χ3n) is 0.667. The molecule has 0 spiro atoms. The Hall–Kier alpha value is -2.08. The standard InChI is InChI=1S/C6H6.2CHN.4FH/c1-2-4-6-5-3-1;2*1-2;;;;/h1-6H;2*1H;4*1H. The van der Waals surface area contributed by atoms with E-state index in [1.165, 1.54) is 0 Å². The molecular weight excluding hydrogens is 200 g/mol. The lowest BCUT2D eigenvalue weighted by Crippen LogP contribution is -1.47. The Morgan fingerprint density at radius 3 is 0.571 bits per heavy atom. The first kappa shape index (κ1) is 40.6. The summed E-state index contributed by atoms with van der Waals surface area (Å²) in [7, 11) is 0. The van der Waals surface area contributed by atoms with E-state index in [9.17, 15) is 0 Å². The highest BCUT2D eigenvalue weighted by Crippen LogP contribution is 1.79. The summed E-state index contributed by atoms with van der Waals surface area (Å²) >= 11 is 0. The predicted molar refractivity (Wildman–Crippen MR) is 49.8 cm³/mol. The SMILES string of the molecule is C#N.C#N.F.F.F.F.c1ccccc1. The van der Waals surface area contributed by atoms with Gasteiger partial charge in [-0.1, -0.05) is 36.4 Å². The van der Waals surface area contributed by atoms with Crippen molar-refractivity contribution in [2.75, 3.05) is 0 Å². The monoisotopic (exact) mass is 212 g/mol. The second-order valence-electron chi connectivity index (χ2n) is 1.15. The van der Waals surface area contributed by atoms with E-state index in [1.807, 2.05) is 36.4 Å². The zero-order valence-electron chi connectivity index (χ0n) is 7.15. The van der Waals surface area contributed by atoms with Gasteiger partial charge in [-0.3, -0.25) is 18.8 Å². The van der Waals surface area contributed by atoms with Gasteiger partial charge in [-0.2, -0.15) is 0 Å². The van der Waals surface area contributed by atoms with Crippen molar-refractivity contribution in [1.29, 1.82) is 10.5 Å². The molecule has 0 radical (unpaired) electrons. The summed E-state index contributed by atoms with van der Waals surface area (Å²) in [5, 5.41) is 13.0. The molecule has 1 aromatic carbocycles. The van der Waals surface area contributed by atoms with Crippen molar-refractivity contribution < 1.29 is 18.8 Å². The topological polar surface area (TPSA) is 47.6 Å². The molecule has 0 saturated carbocycles. The lowest BCUT2D eigenvalue weighted by molar-refractivity contribution is 1.11. The molecular formula is C8H12F4N2. The summed E-state index contributed by atoms with van der Waals surface area (Å²) in [5.41, 5.74) is 0. The summed E-state index contributed by atoms with van der Waals surface area (Å²) in [6, 6.07) is 12.0. The second-order valence-corrected chi connectivity index (χ2v) is 1.15. The summed E-state index contributed by atoms with van der Waals surface area (Å²) in [6.45, 7) is 7.00. The minimum absolute atomic E-state index is 0. The van der Waals surface area contributed by atoms with Gasteiger partial charge in [0, 0.05) is 13.1 Å². The highest BCUT2D eigenvalue weighted by Gasteiger charge is 1.57. The van der Waals surface area contributed by atoms with Gasteiger partial charge in [0.15, 0.2) is 0 Å². The lowest BCUT2D eigenvalue weighted by atomic mass is 10.4. The van der Waals surface area contributed by atoms with Crippen molar-refractivity contribution >= 4 is 0 Å². The highest BCUT2D eigenvalue weighted by atomic mass is 19.0. The molecule has 0 aliphatic heterocycles. The van der Waals surface area contributed by atoms with Gasteiger partial charge in [-0.25, -0.2) is 10.5 Å². The van der Waals surface area contributed by atoms with Gasteiger partial charge in [-0.05, 0) is 0 Å². The summed E-state index contributed by atoms with van der Waals surface area (Å²) in [5.74, 6) is 0. The van der Waals surface area contributed by atoms with E-state index in [-0.39, 0.29) is 18.8 Å². The van der Waals surface area contributed by atoms with E-state index in [1.54, 1.807) is 0 Å². The van der Waals surface area contributed by atoms with Gasteiger partial charge < -0.3 is 0 Å². The van der Waals surface area contributed by atoms with E-state index in [0.29, 0.717) is 0 Å². The number of hydrogen-bond donors (Lipinski definition) is 0. The Labute approximate surface area is 79.9 Å². The average molecular weight is 212 g/mol. The van der Waals surface area contributed by atoms with Crippen LogP contribution in [0.1, 0.15) is 0 Å².